The fourth-order valence-corrected chi connectivity index (χ4v) is 4.18. The lowest BCUT2D eigenvalue weighted by Crippen LogP contribution is -2.12. The van der Waals surface area contributed by atoms with Crippen LogP contribution in [0, 0.1) is 0 Å². The number of rotatable bonds is 1. The van der Waals surface area contributed by atoms with Gasteiger partial charge in [-0.05, 0) is 35.4 Å². The Morgan fingerprint density at radius 2 is 0.833 bits per heavy atom. The minimum atomic E-state index is 1.07. The molecular weight excluding hydrogens is 378 g/mol. The third kappa shape index (κ3) is 3.96. The third-order valence-electron chi connectivity index (χ3n) is 5.09. The molecule has 152 valence electrons. The largest absolute Gasteiger partial charge is 0.309 e. The highest BCUT2D eigenvalue weighted by molar-refractivity contribution is 6.32. The summed E-state index contributed by atoms with van der Waals surface area (Å²) in [4.78, 5) is 2.39. The Labute approximate surface area is 184 Å². The smallest absolute Gasteiger partial charge is 0.0540 e. The van der Waals surface area contributed by atoms with E-state index in [2.05, 4.69) is 102 Å². The van der Waals surface area contributed by atoms with Gasteiger partial charge in [-0.2, -0.15) is 0 Å². The number of hydrogen-bond donors (Lipinski definition) is 0. The summed E-state index contributed by atoms with van der Waals surface area (Å²) in [5.41, 5.74) is 8.79. The molecule has 0 N–H and O–H groups in total. The Balaban J connectivity index is 0.000000606. The number of para-hydroxylation sites is 2. The number of hydrogen-bond acceptors (Lipinski definition) is 1. The minimum Gasteiger partial charge on any atom is -0.309 e. The summed E-state index contributed by atoms with van der Waals surface area (Å²) in [7, 11) is 1.07. The van der Waals surface area contributed by atoms with Crippen molar-refractivity contribution in [1.29, 1.82) is 0 Å². The molecule has 0 aromatic heterocycles. The van der Waals surface area contributed by atoms with Crippen LogP contribution < -0.4 is 10.1 Å². The normalized spacial score (nSPS) is 10.9. The Morgan fingerprint density at radius 1 is 0.467 bits per heavy atom. The fourth-order valence-electron chi connectivity index (χ4n) is 3.85. The van der Waals surface area contributed by atoms with Gasteiger partial charge >= 0.3 is 0 Å². The van der Waals surface area contributed by atoms with Gasteiger partial charge in [-0.1, -0.05) is 106 Å². The zero-order valence-corrected chi connectivity index (χ0v) is 20.7. The van der Waals surface area contributed by atoms with Gasteiger partial charge in [-0.3, -0.25) is 0 Å². The van der Waals surface area contributed by atoms with E-state index in [0.29, 0.717) is 0 Å². The van der Waals surface area contributed by atoms with Gasteiger partial charge < -0.3 is 4.90 Å². The average Bonchev–Trinajstić information content (AvgIpc) is 2.96. The lowest BCUT2D eigenvalue weighted by molar-refractivity contribution is 1.30. The molecule has 0 bridgehead atoms. The van der Waals surface area contributed by atoms with Crippen molar-refractivity contribution >= 4 is 32.5 Å². The maximum absolute atomic E-state index is 2.39. The van der Waals surface area contributed by atoms with E-state index in [1.54, 1.807) is 0 Å². The Kier molecular flexibility index (Phi) is 7.26. The molecule has 0 radical (unpaired) electrons. The van der Waals surface area contributed by atoms with E-state index < -0.39 is 0 Å². The zero-order chi connectivity index (χ0) is 21.5. The fraction of sp³-hybridized carbons (Fsp3) is 0.143. The Hall–Kier alpha value is -3.10. The van der Waals surface area contributed by atoms with E-state index in [1.165, 1.54) is 44.5 Å². The topological polar surface area (TPSA) is 3.24 Å². The molecule has 4 aromatic carbocycles. The van der Waals surface area contributed by atoms with E-state index in [9.17, 15) is 0 Å². The second-order valence-electron chi connectivity index (χ2n) is 6.75. The highest BCUT2D eigenvalue weighted by Crippen LogP contribution is 2.50. The van der Waals surface area contributed by atoms with Crippen LogP contribution in [0.2, 0.25) is 0 Å². The predicted octanol–water partition coefficient (Wildman–Crippen LogP) is 6.85. The summed E-state index contributed by atoms with van der Waals surface area (Å²) in [5, 5.41) is 1.41. The summed E-state index contributed by atoms with van der Waals surface area (Å²) in [6, 6.07) is 35.1. The Bertz CT molecular complexity index is 1030. The first kappa shape index (κ1) is 21.6. The lowest BCUT2D eigenvalue weighted by Gasteiger charge is -2.27. The summed E-state index contributed by atoms with van der Waals surface area (Å²) < 4.78 is 0. The molecule has 0 fully saturated rings. The second kappa shape index (κ2) is 10.1. The second-order valence-corrected chi connectivity index (χ2v) is 7.91. The lowest BCUT2D eigenvalue weighted by atomic mass is 9.95. The van der Waals surface area contributed by atoms with Gasteiger partial charge in [0, 0.05) is 27.1 Å². The number of nitrogens with zero attached hydrogens (tertiary/aromatic N) is 1. The average molecular weight is 410 g/mol. The van der Waals surface area contributed by atoms with Gasteiger partial charge in [-0.25, -0.2) is 0 Å². The summed E-state index contributed by atoms with van der Waals surface area (Å²) in [5.74, 6) is 0. The molecule has 0 saturated heterocycles. The van der Waals surface area contributed by atoms with Gasteiger partial charge in [-0.15, -0.1) is 0 Å². The molecular formula is C28H31NSi. The molecule has 0 atom stereocenters. The molecule has 0 amide bonds. The highest BCUT2D eigenvalue weighted by atomic mass is 28.1. The summed E-state index contributed by atoms with van der Waals surface area (Å²) in [6.45, 7) is 8.00. The van der Waals surface area contributed by atoms with Crippen LogP contribution in [0.25, 0.3) is 22.3 Å². The van der Waals surface area contributed by atoms with E-state index in [1.807, 2.05) is 27.7 Å². The molecule has 1 aliphatic rings. The first-order valence-electron chi connectivity index (χ1n) is 11.0. The van der Waals surface area contributed by atoms with Crippen molar-refractivity contribution in [3.8, 4) is 22.3 Å². The molecule has 1 nitrogen and oxygen atoms in total. The molecule has 1 aliphatic heterocycles. The van der Waals surface area contributed by atoms with Crippen LogP contribution in [0.3, 0.4) is 0 Å². The SMILES string of the molecule is CC.CC.[SiH3]c1ccc(N2c3ccccc3-c3ccccc3-c3ccccc32)cc1. The first-order valence-corrected chi connectivity index (χ1v) is 12.0. The van der Waals surface area contributed by atoms with Crippen LogP contribution in [0.5, 0.6) is 0 Å². The number of fused-ring (bicyclic) bond motifs is 5. The van der Waals surface area contributed by atoms with Gasteiger partial charge in [0.25, 0.3) is 0 Å². The van der Waals surface area contributed by atoms with Crippen LogP contribution in [0.4, 0.5) is 17.1 Å². The molecule has 4 aromatic rings. The molecule has 0 aliphatic carbocycles. The highest BCUT2D eigenvalue weighted by Gasteiger charge is 2.24. The van der Waals surface area contributed by atoms with Crippen LogP contribution in [-0.4, -0.2) is 10.2 Å². The van der Waals surface area contributed by atoms with Crippen LogP contribution in [-0.2, 0) is 0 Å². The Morgan fingerprint density at radius 3 is 1.27 bits per heavy atom. The molecule has 30 heavy (non-hydrogen) atoms. The minimum absolute atomic E-state index is 1.07. The van der Waals surface area contributed by atoms with E-state index in [4.69, 9.17) is 0 Å². The van der Waals surface area contributed by atoms with E-state index in [0.717, 1.165) is 10.2 Å². The van der Waals surface area contributed by atoms with Crippen molar-refractivity contribution in [2.24, 2.45) is 0 Å². The van der Waals surface area contributed by atoms with Crippen LogP contribution in [0.15, 0.2) is 97.1 Å². The van der Waals surface area contributed by atoms with Crippen molar-refractivity contribution in [2.75, 3.05) is 4.90 Å². The molecule has 2 heteroatoms. The van der Waals surface area contributed by atoms with Gasteiger partial charge in [0.2, 0.25) is 0 Å². The monoisotopic (exact) mass is 409 g/mol. The van der Waals surface area contributed by atoms with Gasteiger partial charge in [0.05, 0.1) is 11.4 Å². The first-order chi connectivity index (χ1) is 14.8. The van der Waals surface area contributed by atoms with Crippen molar-refractivity contribution in [2.45, 2.75) is 27.7 Å². The predicted molar refractivity (Wildman–Crippen MR) is 138 cm³/mol. The standard InChI is InChI=1S/C24H19NSi.2C2H6/c26-18-15-13-17(14-16-18)25-23-11-5-3-9-21(23)19-7-1-2-8-20(19)22-10-4-6-12-24(22)25;2*1-2/h1-16H,26H3;2*1-2H3. The number of anilines is 3. The molecule has 1 heterocycles. The van der Waals surface area contributed by atoms with E-state index in [-0.39, 0.29) is 0 Å². The maximum Gasteiger partial charge on any atom is 0.0540 e. The quantitative estimate of drug-likeness (QED) is 0.274. The number of benzene rings is 4. The maximum atomic E-state index is 2.39. The van der Waals surface area contributed by atoms with Gasteiger partial charge in [0.15, 0.2) is 0 Å². The molecule has 5 rings (SSSR count). The summed E-state index contributed by atoms with van der Waals surface area (Å²) >= 11 is 0. The van der Waals surface area contributed by atoms with Crippen LogP contribution in [0.1, 0.15) is 27.7 Å². The van der Waals surface area contributed by atoms with E-state index >= 15 is 0 Å². The summed E-state index contributed by atoms with van der Waals surface area (Å²) in [6.07, 6.45) is 0. The van der Waals surface area contributed by atoms with Crippen molar-refractivity contribution < 1.29 is 0 Å². The van der Waals surface area contributed by atoms with Crippen molar-refractivity contribution in [3.63, 3.8) is 0 Å². The van der Waals surface area contributed by atoms with Crippen molar-refractivity contribution in [1.82, 2.24) is 0 Å². The molecule has 0 unspecified atom stereocenters. The molecule has 0 spiro atoms. The third-order valence-corrected chi connectivity index (χ3v) is 5.76. The molecule has 0 saturated carbocycles. The van der Waals surface area contributed by atoms with Crippen LogP contribution >= 0.6 is 0 Å². The zero-order valence-electron chi connectivity index (χ0n) is 18.7. The van der Waals surface area contributed by atoms with Crippen molar-refractivity contribution in [3.05, 3.63) is 97.1 Å². The van der Waals surface area contributed by atoms with Gasteiger partial charge in [0.1, 0.15) is 0 Å².